The molecule has 0 fully saturated rings. The molecule has 0 aliphatic carbocycles. The third-order valence-electron chi connectivity index (χ3n) is 5.94. The molecule has 0 bridgehead atoms. The predicted octanol–water partition coefficient (Wildman–Crippen LogP) is 4.68. The Morgan fingerprint density at radius 3 is 2.21 bits per heavy atom. The van der Waals surface area contributed by atoms with Gasteiger partial charge in [0.05, 0.1) is 0 Å². The molecule has 0 spiro atoms. The normalized spacial score (nSPS) is 12.6. The highest BCUT2D eigenvalue weighted by Crippen LogP contribution is 2.27. The molecule has 3 rings (SSSR count). The number of aryl methyl sites for hydroxylation is 1. The highest BCUT2D eigenvalue weighted by molar-refractivity contribution is 5.99. The van der Waals surface area contributed by atoms with Crippen LogP contribution in [-0.2, 0) is 20.7 Å². The van der Waals surface area contributed by atoms with Crippen molar-refractivity contribution in [1.82, 2.24) is 10.2 Å². The van der Waals surface area contributed by atoms with Crippen LogP contribution >= 0.6 is 0 Å². The molecule has 0 radical (unpaired) electrons. The second-order valence-corrected chi connectivity index (χ2v) is 10.3. The molecule has 3 amide bonds. The van der Waals surface area contributed by atoms with Crippen LogP contribution in [0.5, 0.6) is 11.5 Å². The van der Waals surface area contributed by atoms with E-state index in [4.69, 9.17) is 4.74 Å². The van der Waals surface area contributed by atoms with Gasteiger partial charge in [-0.3, -0.25) is 9.59 Å². The van der Waals surface area contributed by atoms with E-state index < -0.39 is 35.6 Å². The number of hydrogen-bond acceptors (Lipinski definition) is 6. The van der Waals surface area contributed by atoms with E-state index in [2.05, 4.69) is 10.6 Å². The highest BCUT2D eigenvalue weighted by Gasteiger charge is 2.34. The maximum atomic E-state index is 13.9. The van der Waals surface area contributed by atoms with Gasteiger partial charge in [0.1, 0.15) is 29.2 Å². The lowest BCUT2D eigenvalue weighted by atomic mass is 10.0. The average molecular weight is 534 g/mol. The number of alkyl carbamates (subject to hydrolysis) is 1. The van der Waals surface area contributed by atoms with Gasteiger partial charge in [0.15, 0.2) is 0 Å². The Kier molecular flexibility index (Phi) is 9.19. The molecular weight excluding hydrogens is 498 g/mol. The number of ether oxygens (including phenoxy) is 1. The first-order valence-electron chi connectivity index (χ1n) is 12.5. The van der Waals surface area contributed by atoms with Crippen LogP contribution in [0.1, 0.15) is 43.5 Å². The zero-order valence-electron chi connectivity index (χ0n) is 22.8. The fourth-order valence-electron chi connectivity index (χ4n) is 4.05. The standard InChI is InChI=1S/C30H35N3O6/c1-19-9-6-7-12-24(19)31-27(36)26(21-10-8-11-23(35)18-21)33(5)28(37)25(32-29(38)39-30(2,3)4)17-20-13-15-22(34)16-14-20/h6-16,18,25-26,34-35H,17H2,1-5H3,(H,31,36)(H,32,38). The van der Waals surface area contributed by atoms with E-state index in [1.54, 1.807) is 57.2 Å². The van der Waals surface area contributed by atoms with Crippen LogP contribution in [0.25, 0.3) is 0 Å². The van der Waals surface area contributed by atoms with E-state index in [0.29, 0.717) is 16.8 Å². The summed E-state index contributed by atoms with van der Waals surface area (Å²) in [5.74, 6) is -1.04. The molecular formula is C30H35N3O6. The van der Waals surface area contributed by atoms with Gasteiger partial charge >= 0.3 is 6.09 Å². The quantitative estimate of drug-likeness (QED) is 0.333. The van der Waals surface area contributed by atoms with Crippen LogP contribution in [0, 0.1) is 6.92 Å². The monoisotopic (exact) mass is 533 g/mol. The van der Waals surface area contributed by atoms with Crippen molar-refractivity contribution in [2.24, 2.45) is 0 Å². The molecule has 0 saturated carbocycles. The van der Waals surface area contributed by atoms with Crippen molar-refractivity contribution in [2.45, 2.75) is 51.8 Å². The third kappa shape index (κ3) is 8.23. The number of likely N-dealkylation sites (N-methyl/N-ethyl adjacent to an activating group) is 1. The minimum Gasteiger partial charge on any atom is -0.508 e. The van der Waals surface area contributed by atoms with Crippen molar-refractivity contribution in [3.05, 3.63) is 89.5 Å². The number of para-hydroxylation sites is 1. The Morgan fingerprint density at radius 1 is 0.923 bits per heavy atom. The van der Waals surface area contributed by atoms with E-state index in [1.807, 2.05) is 19.1 Å². The molecule has 0 heterocycles. The number of carbonyl (C=O) groups excluding carboxylic acids is 3. The van der Waals surface area contributed by atoms with E-state index in [-0.39, 0.29) is 17.9 Å². The molecule has 0 aliphatic heterocycles. The summed E-state index contributed by atoms with van der Waals surface area (Å²) in [4.78, 5) is 41.4. The molecule has 206 valence electrons. The number of aromatic hydroxyl groups is 2. The van der Waals surface area contributed by atoms with Gasteiger partial charge in [0.2, 0.25) is 5.91 Å². The predicted molar refractivity (Wildman–Crippen MR) is 148 cm³/mol. The van der Waals surface area contributed by atoms with Gasteiger partial charge in [0.25, 0.3) is 5.91 Å². The molecule has 39 heavy (non-hydrogen) atoms. The summed E-state index contributed by atoms with van der Waals surface area (Å²) in [7, 11) is 1.47. The largest absolute Gasteiger partial charge is 0.508 e. The van der Waals surface area contributed by atoms with Gasteiger partial charge < -0.3 is 30.5 Å². The summed E-state index contributed by atoms with van der Waals surface area (Å²) in [6.45, 7) is 6.99. The van der Waals surface area contributed by atoms with Crippen molar-refractivity contribution in [3.63, 3.8) is 0 Å². The smallest absolute Gasteiger partial charge is 0.408 e. The average Bonchev–Trinajstić information content (AvgIpc) is 2.85. The lowest BCUT2D eigenvalue weighted by molar-refractivity contribution is -0.139. The van der Waals surface area contributed by atoms with Gasteiger partial charge in [0, 0.05) is 19.2 Å². The van der Waals surface area contributed by atoms with E-state index in [0.717, 1.165) is 5.56 Å². The summed E-state index contributed by atoms with van der Waals surface area (Å²) < 4.78 is 5.38. The van der Waals surface area contributed by atoms with E-state index in [1.165, 1.54) is 36.2 Å². The van der Waals surface area contributed by atoms with Gasteiger partial charge in [-0.25, -0.2) is 4.79 Å². The summed E-state index contributed by atoms with van der Waals surface area (Å²) in [6, 6.07) is 17.4. The van der Waals surface area contributed by atoms with E-state index >= 15 is 0 Å². The summed E-state index contributed by atoms with van der Waals surface area (Å²) in [6.07, 6.45) is -0.708. The summed E-state index contributed by atoms with van der Waals surface area (Å²) >= 11 is 0. The van der Waals surface area contributed by atoms with Crippen molar-refractivity contribution < 1.29 is 29.3 Å². The van der Waals surface area contributed by atoms with Crippen LogP contribution < -0.4 is 10.6 Å². The fourth-order valence-corrected chi connectivity index (χ4v) is 4.05. The van der Waals surface area contributed by atoms with Gasteiger partial charge in [-0.15, -0.1) is 0 Å². The van der Waals surface area contributed by atoms with Gasteiger partial charge in [-0.2, -0.15) is 0 Å². The van der Waals surface area contributed by atoms with Crippen molar-refractivity contribution in [3.8, 4) is 11.5 Å². The number of nitrogens with zero attached hydrogens (tertiary/aromatic N) is 1. The second kappa shape index (κ2) is 12.3. The topological polar surface area (TPSA) is 128 Å². The number of hydrogen-bond donors (Lipinski definition) is 4. The molecule has 3 aromatic rings. The number of rotatable bonds is 8. The zero-order chi connectivity index (χ0) is 28.7. The van der Waals surface area contributed by atoms with Crippen molar-refractivity contribution in [1.29, 1.82) is 0 Å². The molecule has 3 aromatic carbocycles. The number of anilines is 1. The molecule has 4 N–H and O–H groups in total. The Labute approximate surface area is 228 Å². The van der Waals surface area contributed by atoms with Crippen LogP contribution in [0.3, 0.4) is 0 Å². The zero-order valence-corrected chi connectivity index (χ0v) is 22.8. The Balaban J connectivity index is 1.96. The molecule has 0 aliphatic rings. The second-order valence-electron chi connectivity index (χ2n) is 10.3. The molecule has 2 unspecified atom stereocenters. The van der Waals surface area contributed by atoms with Crippen LogP contribution in [0.15, 0.2) is 72.8 Å². The summed E-state index contributed by atoms with van der Waals surface area (Å²) in [5, 5.41) is 25.3. The first-order chi connectivity index (χ1) is 18.3. The number of amides is 3. The maximum Gasteiger partial charge on any atom is 0.408 e. The van der Waals surface area contributed by atoms with Crippen LogP contribution in [-0.4, -0.2) is 51.7 Å². The van der Waals surface area contributed by atoms with Crippen molar-refractivity contribution in [2.75, 3.05) is 12.4 Å². The van der Waals surface area contributed by atoms with Gasteiger partial charge in [-0.05, 0) is 74.7 Å². The lowest BCUT2D eigenvalue weighted by Gasteiger charge is -2.32. The Morgan fingerprint density at radius 2 is 1.59 bits per heavy atom. The maximum absolute atomic E-state index is 13.9. The number of benzene rings is 3. The van der Waals surface area contributed by atoms with Crippen molar-refractivity contribution >= 4 is 23.6 Å². The molecule has 0 aromatic heterocycles. The Hall–Kier alpha value is -4.53. The number of phenols is 2. The number of carbonyl (C=O) groups is 3. The molecule has 9 heteroatoms. The lowest BCUT2D eigenvalue weighted by Crippen LogP contribution is -2.52. The fraction of sp³-hybridized carbons (Fsp3) is 0.300. The Bertz CT molecular complexity index is 1320. The first-order valence-corrected chi connectivity index (χ1v) is 12.5. The molecule has 2 atom stereocenters. The summed E-state index contributed by atoms with van der Waals surface area (Å²) in [5.41, 5.74) is 1.69. The molecule has 9 nitrogen and oxygen atoms in total. The first kappa shape index (κ1) is 29.0. The number of phenolic OH excluding ortho intramolecular Hbond substituents is 2. The van der Waals surface area contributed by atoms with E-state index in [9.17, 15) is 24.6 Å². The SMILES string of the molecule is Cc1ccccc1NC(=O)C(c1cccc(O)c1)N(C)C(=O)C(Cc1ccc(O)cc1)NC(=O)OC(C)(C)C. The van der Waals surface area contributed by atoms with Crippen LogP contribution in [0.4, 0.5) is 10.5 Å². The molecule has 0 saturated heterocycles. The minimum atomic E-state index is -1.13. The third-order valence-corrected chi connectivity index (χ3v) is 5.94. The van der Waals surface area contributed by atoms with Crippen LogP contribution in [0.2, 0.25) is 0 Å². The number of nitrogens with one attached hydrogen (secondary N) is 2. The highest BCUT2D eigenvalue weighted by atomic mass is 16.6. The minimum absolute atomic E-state index is 0.0606. The van der Waals surface area contributed by atoms with Gasteiger partial charge in [-0.1, -0.05) is 42.5 Å².